The number of unbranched alkanes of at least 4 members (excludes halogenated alkanes) is 1. The first-order valence-electron chi connectivity index (χ1n) is 6.34. The Kier molecular flexibility index (Phi) is 5.11. The average molecular weight is 287 g/mol. The third kappa shape index (κ3) is 4.05. The molecule has 0 aliphatic carbocycles. The molecule has 1 heterocycles. The molecule has 0 saturated heterocycles. The SMILES string of the molecule is CCCC[C@@H](C)C(=O)NS(=O)(=O)c1cn(C)c(C)n1. The molecular weight excluding hydrogens is 266 g/mol. The van der Waals surface area contributed by atoms with Crippen molar-refractivity contribution in [3.8, 4) is 0 Å². The first kappa shape index (κ1) is 15.7. The molecule has 0 radical (unpaired) electrons. The van der Waals surface area contributed by atoms with Gasteiger partial charge in [-0.3, -0.25) is 4.79 Å². The van der Waals surface area contributed by atoms with Crippen molar-refractivity contribution in [2.75, 3.05) is 0 Å². The van der Waals surface area contributed by atoms with Gasteiger partial charge in [0.15, 0.2) is 5.03 Å². The van der Waals surface area contributed by atoms with Gasteiger partial charge in [0, 0.05) is 19.2 Å². The molecule has 6 nitrogen and oxygen atoms in total. The molecule has 0 bridgehead atoms. The van der Waals surface area contributed by atoms with Crippen molar-refractivity contribution < 1.29 is 13.2 Å². The van der Waals surface area contributed by atoms with E-state index < -0.39 is 15.9 Å². The van der Waals surface area contributed by atoms with Gasteiger partial charge in [0.05, 0.1) is 0 Å². The lowest BCUT2D eigenvalue weighted by Crippen LogP contribution is -2.34. The van der Waals surface area contributed by atoms with Crippen LogP contribution < -0.4 is 4.72 Å². The fourth-order valence-corrected chi connectivity index (χ4v) is 2.70. The second kappa shape index (κ2) is 6.18. The summed E-state index contributed by atoms with van der Waals surface area (Å²) in [5.41, 5.74) is 0. The third-order valence-corrected chi connectivity index (χ3v) is 4.25. The van der Waals surface area contributed by atoms with Gasteiger partial charge >= 0.3 is 0 Å². The maximum atomic E-state index is 12.0. The second-order valence-corrected chi connectivity index (χ2v) is 6.38. The second-order valence-electron chi connectivity index (χ2n) is 4.75. The number of nitrogens with zero attached hydrogens (tertiary/aromatic N) is 2. The summed E-state index contributed by atoms with van der Waals surface area (Å²) in [6, 6.07) is 0. The fourth-order valence-electron chi connectivity index (χ4n) is 1.58. The Morgan fingerprint density at radius 2 is 2.16 bits per heavy atom. The normalized spacial score (nSPS) is 13.3. The number of rotatable bonds is 6. The molecule has 1 rings (SSSR count). The Hall–Kier alpha value is -1.37. The Morgan fingerprint density at radius 3 is 2.63 bits per heavy atom. The van der Waals surface area contributed by atoms with Gasteiger partial charge in [-0.2, -0.15) is 8.42 Å². The molecule has 0 unspecified atom stereocenters. The summed E-state index contributed by atoms with van der Waals surface area (Å²) in [5, 5.41) is -0.122. The summed E-state index contributed by atoms with van der Waals surface area (Å²) in [4.78, 5) is 15.7. The van der Waals surface area contributed by atoms with Gasteiger partial charge in [-0.25, -0.2) is 9.71 Å². The summed E-state index contributed by atoms with van der Waals surface area (Å²) in [6.07, 6.45) is 3.95. The highest BCUT2D eigenvalue weighted by atomic mass is 32.2. The van der Waals surface area contributed by atoms with E-state index in [0.29, 0.717) is 12.2 Å². The first-order chi connectivity index (χ1) is 8.77. The van der Waals surface area contributed by atoms with Crippen LogP contribution >= 0.6 is 0 Å². The predicted molar refractivity (Wildman–Crippen MR) is 72.0 cm³/mol. The van der Waals surface area contributed by atoms with Gasteiger partial charge in [0.25, 0.3) is 10.0 Å². The smallest absolute Gasteiger partial charge is 0.283 e. The monoisotopic (exact) mass is 287 g/mol. The molecule has 0 spiro atoms. The number of carbonyl (C=O) groups excluding carboxylic acids is 1. The summed E-state index contributed by atoms with van der Waals surface area (Å²) >= 11 is 0. The van der Waals surface area contributed by atoms with Gasteiger partial charge in [-0.1, -0.05) is 26.7 Å². The number of hydrogen-bond donors (Lipinski definition) is 1. The molecule has 0 aromatic carbocycles. The van der Waals surface area contributed by atoms with Crippen molar-refractivity contribution in [3.05, 3.63) is 12.0 Å². The summed E-state index contributed by atoms with van der Waals surface area (Å²) in [5.74, 6) is -0.219. The lowest BCUT2D eigenvalue weighted by atomic mass is 10.0. The molecule has 19 heavy (non-hydrogen) atoms. The van der Waals surface area contributed by atoms with E-state index in [1.165, 1.54) is 6.20 Å². The van der Waals surface area contributed by atoms with E-state index in [9.17, 15) is 13.2 Å². The van der Waals surface area contributed by atoms with E-state index in [0.717, 1.165) is 12.8 Å². The Bertz CT molecular complexity index is 529. The maximum absolute atomic E-state index is 12.0. The molecule has 1 N–H and O–H groups in total. The average Bonchev–Trinajstić information content (AvgIpc) is 2.67. The number of aromatic nitrogens is 2. The summed E-state index contributed by atoms with van der Waals surface area (Å²) in [7, 11) is -2.16. The van der Waals surface area contributed by atoms with Crippen molar-refractivity contribution in [1.82, 2.24) is 14.3 Å². The van der Waals surface area contributed by atoms with Crippen LogP contribution in [0.4, 0.5) is 0 Å². The first-order valence-corrected chi connectivity index (χ1v) is 7.83. The van der Waals surface area contributed by atoms with Crippen LogP contribution in [0.1, 0.15) is 38.9 Å². The third-order valence-electron chi connectivity index (χ3n) is 3.04. The van der Waals surface area contributed by atoms with Gasteiger partial charge in [0.2, 0.25) is 5.91 Å². The van der Waals surface area contributed by atoms with E-state index in [2.05, 4.69) is 9.71 Å². The predicted octanol–water partition coefficient (Wildman–Crippen LogP) is 1.36. The quantitative estimate of drug-likeness (QED) is 0.856. The van der Waals surface area contributed by atoms with E-state index in [1.807, 2.05) is 6.92 Å². The number of carbonyl (C=O) groups is 1. The molecule has 7 heteroatoms. The molecule has 1 amide bonds. The highest BCUT2D eigenvalue weighted by Gasteiger charge is 2.23. The highest BCUT2D eigenvalue weighted by molar-refractivity contribution is 7.90. The van der Waals surface area contributed by atoms with Crippen molar-refractivity contribution in [3.63, 3.8) is 0 Å². The minimum absolute atomic E-state index is 0.122. The molecule has 1 aromatic heterocycles. The number of aryl methyl sites for hydroxylation is 2. The van der Waals surface area contributed by atoms with Gasteiger partial charge in [-0.15, -0.1) is 0 Å². The number of imidazole rings is 1. The van der Waals surface area contributed by atoms with E-state index >= 15 is 0 Å². The molecule has 1 aromatic rings. The number of hydrogen-bond acceptors (Lipinski definition) is 4. The minimum atomic E-state index is -3.86. The van der Waals surface area contributed by atoms with E-state index in [1.54, 1.807) is 25.5 Å². The lowest BCUT2D eigenvalue weighted by Gasteiger charge is -2.10. The molecule has 108 valence electrons. The van der Waals surface area contributed by atoms with E-state index in [-0.39, 0.29) is 10.9 Å². The van der Waals surface area contributed by atoms with Crippen molar-refractivity contribution in [2.24, 2.45) is 13.0 Å². The lowest BCUT2D eigenvalue weighted by molar-refractivity contribution is -0.122. The fraction of sp³-hybridized carbons (Fsp3) is 0.667. The van der Waals surface area contributed by atoms with Crippen LogP contribution in [-0.2, 0) is 21.9 Å². The Morgan fingerprint density at radius 1 is 1.53 bits per heavy atom. The Balaban J connectivity index is 2.77. The standard InChI is InChI=1S/C12H21N3O3S/c1-5-6-7-9(2)12(16)14-19(17,18)11-8-15(4)10(3)13-11/h8-9H,5-7H2,1-4H3,(H,14,16)/t9-/m1/s1. The summed E-state index contributed by atoms with van der Waals surface area (Å²) < 4.78 is 27.6. The molecule has 0 aliphatic rings. The molecule has 1 atom stereocenters. The largest absolute Gasteiger partial charge is 0.337 e. The zero-order valence-electron chi connectivity index (χ0n) is 11.8. The van der Waals surface area contributed by atoms with Gasteiger partial charge < -0.3 is 4.57 Å². The van der Waals surface area contributed by atoms with Crippen LogP contribution in [0.2, 0.25) is 0 Å². The minimum Gasteiger partial charge on any atom is -0.337 e. The van der Waals surface area contributed by atoms with Crippen LogP contribution in [0.25, 0.3) is 0 Å². The number of amides is 1. The van der Waals surface area contributed by atoms with Crippen LogP contribution in [0, 0.1) is 12.8 Å². The highest BCUT2D eigenvalue weighted by Crippen LogP contribution is 2.11. The number of sulfonamides is 1. The van der Waals surface area contributed by atoms with E-state index in [4.69, 9.17) is 0 Å². The zero-order valence-corrected chi connectivity index (χ0v) is 12.6. The van der Waals surface area contributed by atoms with Crippen LogP contribution in [0.5, 0.6) is 0 Å². The van der Waals surface area contributed by atoms with Crippen LogP contribution in [0.3, 0.4) is 0 Å². The van der Waals surface area contributed by atoms with Crippen molar-refractivity contribution in [1.29, 1.82) is 0 Å². The molecule has 0 fully saturated rings. The molecule has 0 aliphatic heterocycles. The zero-order chi connectivity index (χ0) is 14.6. The molecular formula is C12H21N3O3S. The van der Waals surface area contributed by atoms with Gasteiger partial charge in [0.1, 0.15) is 5.82 Å². The van der Waals surface area contributed by atoms with Crippen molar-refractivity contribution in [2.45, 2.75) is 45.1 Å². The van der Waals surface area contributed by atoms with Crippen LogP contribution in [-0.4, -0.2) is 23.9 Å². The van der Waals surface area contributed by atoms with Gasteiger partial charge in [-0.05, 0) is 13.3 Å². The molecule has 0 saturated carbocycles. The summed E-state index contributed by atoms with van der Waals surface area (Å²) in [6.45, 7) is 5.45. The number of nitrogens with one attached hydrogen (secondary N) is 1. The van der Waals surface area contributed by atoms with Crippen molar-refractivity contribution >= 4 is 15.9 Å². The maximum Gasteiger partial charge on any atom is 0.283 e. The van der Waals surface area contributed by atoms with Crippen LogP contribution in [0.15, 0.2) is 11.2 Å². The Labute approximate surface area is 114 Å². The topological polar surface area (TPSA) is 81.1 Å².